The molecule has 3 rings (SSSR count). The minimum Gasteiger partial charge on any atom is -0.493 e. The summed E-state index contributed by atoms with van der Waals surface area (Å²) in [4.78, 5) is 11.5. The van der Waals surface area contributed by atoms with Crippen LogP contribution in [0.3, 0.4) is 0 Å². The number of ether oxygens (including phenoxy) is 2. The molecule has 3 aromatic rings. The van der Waals surface area contributed by atoms with Gasteiger partial charge in [-0.2, -0.15) is 0 Å². The van der Waals surface area contributed by atoms with Crippen LogP contribution >= 0.6 is 46.7 Å². The summed E-state index contributed by atoms with van der Waals surface area (Å²) in [6, 6.07) is 10.2. The monoisotopic (exact) mass is 558 g/mol. The minimum absolute atomic E-state index is 0. The smallest absolute Gasteiger partial charge is 0.188 e. The molecule has 162 valence electrons. The van der Waals surface area contributed by atoms with Crippen molar-refractivity contribution in [2.24, 2.45) is 10.7 Å². The quantitative estimate of drug-likeness (QED) is 0.230. The molecule has 0 unspecified atom stereocenters. The van der Waals surface area contributed by atoms with E-state index in [1.54, 1.807) is 36.9 Å². The van der Waals surface area contributed by atoms with E-state index in [1.165, 1.54) is 9.75 Å². The van der Waals surface area contributed by atoms with E-state index in [1.807, 2.05) is 25.1 Å². The van der Waals surface area contributed by atoms with Crippen molar-refractivity contribution in [1.29, 1.82) is 0 Å². The Morgan fingerprint density at radius 2 is 1.93 bits per heavy atom. The fourth-order valence-corrected chi connectivity index (χ4v) is 4.48. The van der Waals surface area contributed by atoms with Crippen LogP contribution in [0.2, 0.25) is 0 Å². The maximum atomic E-state index is 5.99. The third kappa shape index (κ3) is 6.85. The fraction of sp³-hybridized carbons (Fsp3) is 0.333. The first kappa shape index (κ1) is 24.4. The van der Waals surface area contributed by atoms with E-state index < -0.39 is 0 Å². The number of nitrogens with zero attached hydrogens (tertiary/aromatic N) is 2. The average molecular weight is 559 g/mol. The number of nitrogens with two attached hydrogens (primary N) is 1. The number of hydrogen-bond acceptors (Lipinski definition) is 6. The Hall–Kier alpha value is -1.85. The number of aromatic nitrogens is 1. The second kappa shape index (κ2) is 12.1. The maximum absolute atomic E-state index is 5.99. The van der Waals surface area contributed by atoms with Gasteiger partial charge >= 0.3 is 0 Å². The molecule has 0 amide bonds. The Labute approximate surface area is 202 Å². The predicted molar refractivity (Wildman–Crippen MR) is 137 cm³/mol. The molecule has 0 radical (unpaired) electrons. The number of halogens is 1. The maximum Gasteiger partial charge on any atom is 0.188 e. The van der Waals surface area contributed by atoms with Crippen molar-refractivity contribution >= 4 is 52.6 Å². The second-order valence-electron chi connectivity index (χ2n) is 6.40. The number of guanidine groups is 1. The van der Waals surface area contributed by atoms with Crippen LogP contribution in [0.5, 0.6) is 11.5 Å². The van der Waals surface area contributed by atoms with Crippen molar-refractivity contribution in [1.82, 2.24) is 10.3 Å². The highest BCUT2D eigenvalue weighted by Crippen LogP contribution is 2.29. The lowest BCUT2D eigenvalue weighted by Crippen LogP contribution is -2.33. The van der Waals surface area contributed by atoms with Crippen LogP contribution in [0, 0.1) is 6.92 Å². The van der Waals surface area contributed by atoms with Crippen LogP contribution in [-0.2, 0) is 12.8 Å². The first-order chi connectivity index (χ1) is 14.1. The summed E-state index contributed by atoms with van der Waals surface area (Å²) < 4.78 is 10.6. The second-order valence-corrected chi connectivity index (χ2v) is 8.63. The van der Waals surface area contributed by atoms with Gasteiger partial charge in [-0.3, -0.25) is 4.99 Å². The summed E-state index contributed by atoms with van der Waals surface area (Å²) in [5.74, 6) is 1.93. The lowest BCUT2D eigenvalue weighted by molar-refractivity contribution is 0.354. The van der Waals surface area contributed by atoms with Crippen LogP contribution in [-0.4, -0.2) is 38.3 Å². The Bertz CT molecular complexity index is 972. The van der Waals surface area contributed by atoms with E-state index in [4.69, 9.17) is 15.2 Å². The van der Waals surface area contributed by atoms with Crippen LogP contribution in [0.15, 0.2) is 40.7 Å². The fourth-order valence-electron chi connectivity index (χ4n) is 2.84. The number of aliphatic imine (C=N–C) groups is 1. The zero-order valence-electron chi connectivity index (χ0n) is 17.3. The topological polar surface area (TPSA) is 81.8 Å². The molecule has 3 N–H and O–H groups in total. The summed E-state index contributed by atoms with van der Waals surface area (Å²) >= 11 is 3.44. The van der Waals surface area contributed by atoms with Gasteiger partial charge in [-0.15, -0.1) is 46.7 Å². The zero-order valence-corrected chi connectivity index (χ0v) is 21.3. The van der Waals surface area contributed by atoms with Crippen LogP contribution in [0.1, 0.15) is 15.4 Å². The summed E-state index contributed by atoms with van der Waals surface area (Å²) in [6.07, 6.45) is 1.68. The Balaban J connectivity index is 0.00000320. The van der Waals surface area contributed by atoms with Crippen molar-refractivity contribution in [2.75, 3.05) is 27.3 Å². The van der Waals surface area contributed by atoms with Gasteiger partial charge in [0.1, 0.15) is 0 Å². The molecule has 0 aliphatic carbocycles. The molecule has 30 heavy (non-hydrogen) atoms. The van der Waals surface area contributed by atoms with E-state index in [-0.39, 0.29) is 24.0 Å². The molecule has 0 saturated carbocycles. The molecule has 6 nitrogen and oxygen atoms in total. The third-order valence-corrected chi connectivity index (χ3v) is 6.28. The number of benzene rings is 1. The van der Waals surface area contributed by atoms with E-state index in [2.05, 4.69) is 32.8 Å². The number of hydrogen-bond donors (Lipinski definition) is 2. The molecule has 9 heteroatoms. The van der Waals surface area contributed by atoms with Gasteiger partial charge in [-0.05, 0) is 43.2 Å². The van der Waals surface area contributed by atoms with Crippen LogP contribution in [0.25, 0.3) is 10.6 Å². The van der Waals surface area contributed by atoms with E-state index in [9.17, 15) is 0 Å². The molecular weight excluding hydrogens is 531 g/mol. The molecule has 2 heterocycles. The number of thiophene rings is 1. The molecule has 0 spiro atoms. The van der Waals surface area contributed by atoms with Gasteiger partial charge in [0.25, 0.3) is 0 Å². The number of methoxy groups -OCH3 is 2. The number of aryl methyl sites for hydroxylation is 1. The third-order valence-electron chi connectivity index (χ3n) is 4.34. The van der Waals surface area contributed by atoms with Crippen LogP contribution in [0.4, 0.5) is 0 Å². The van der Waals surface area contributed by atoms with E-state index in [0.29, 0.717) is 19.0 Å². The Morgan fingerprint density at radius 1 is 1.13 bits per heavy atom. The summed E-state index contributed by atoms with van der Waals surface area (Å²) in [5, 5.41) is 6.36. The molecule has 0 aliphatic rings. The van der Waals surface area contributed by atoms with Crippen molar-refractivity contribution in [3.8, 4) is 22.1 Å². The molecule has 0 atom stereocenters. The Morgan fingerprint density at radius 3 is 2.63 bits per heavy atom. The van der Waals surface area contributed by atoms with Crippen LogP contribution < -0.4 is 20.5 Å². The minimum atomic E-state index is 0. The normalized spacial score (nSPS) is 11.1. The lowest BCUT2D eigenvalue weighted by Gasteiger charge is -2.10. The molecule has 0 saturated heterocycles. The zero-order chi connectivity index (χ0) is 20.6. The van der Waals surface area contributed by atoms with Crippen molar-refractivity contribution in [3.63, 3.8) is 0 Å². The van der Waals surface area contributed by atoms with Crippen molar-refractivity contribution < 1.29 is 9.47 Å². The molecule has 1 aromatic carbocycles. The number of rotatable bonds is 9. The van der Waals surface area contributed by atoms with Crippen molar-refractivity contribution in [2.45, 2.75) is 19.8 Å². The number of thiazole rings is 1. The van der Waals surface area contributed by atoms with Gasteiger partial charge < -0.3 is 20.5 Å². The van der Waals surface area contributed by atoms with Gasteiger partial charge in [0.15, 0.2) is 17.5 Å². The molecule has 0 fully saturated rings. The molecule has 0 bridgehead atoms. The highest BCUT2D eigenvalue weighted by atomic mass is 127. The van der Waals surface area contributed by atoms with Gasteiger partial charge in [0, 0.05) is 29.8 Å². The standard InChI is InChI=1S/C21H26N4O2S2.HI/c1-14-25-17(13-28-14)20-7-5-16(29-20)9-11-24-21(22)23-10-8-15-4-6-18(26-2)19(12-15)27-3;/h4-7,12-13H,8-11H2,1-3H3,(H3,22,23,24);1H. The van der Waals surface area contributed by atoms with E-state index in [0.717, 1.165) is 40.6 Å². The average Bonchev–Trinajstić information content (AvgIpc) is 3.36. The van der Waals surface area contributed by atoms with Gasteiger partial charge in [-0.25, -0.2) is 4.98 Å². The molecule has 0 aliphatic heterocycles. The molecule has 2 aromatic heterocycles. The highest BCUT2D eigenvalue weighted by Gasteiger charge is 2.06. The SMILES string of the molecule is COc1ccc(CCNC(N)=NCCc2ccc(-c3csc(C)n3)s2)cc1OC.I. The largest absolute Gasteiger partial charge is 0.493 e. The lowest BCUT2D eigenvalue weighted by atomic mass is 10.1. The molecular formula is C21H27IN4O2S2. The van der Waals surface area contributed by atoms with Gasteiger partial charge in [0.05, 0.1) is 29.8 Å². The first-order valence-electron chi connectivity index (χ1n) is 9.35. The highest BCUT2D eigenvalue weighted by molar-refractivity contribution is 14.0. The number of nitrogens with one attached hydrogen (secondary N) is 1. The van der Waals surface area contributed by atoms with Gasteiger partial charge in [0.2, 0.25) is 0 Å². The van der Waals surface area contributed by atoms with E-state index >= 15 is 0 Å². The predicted octanol–water partition coefficient (Wildman–Crippen LogP) is 4.50. The summed E-state index contributed by atoms with van der Waals surface area (Å²) in [7, 11) is 3.27. The first-order valence-corrected chi connectivity index (χ1v) is 11.0. The Kier molecular flexibility index (Phi) is 9.86. The van der Waals surface area contributed by atoms with Crippen molar-refractivity contribution in [3.05, 3.63) is 51.2 Å². The van der Waals surface area contributed by atoms with Gasteiger partial charge in [-0.1, -0.05) is 6.07 Å². The summed E-state index contributed by atoms with van der Waals surface area (Å²) in [6.45, 7) is 3.39. The summed E-state index contributed by atoms with van der Waals surface area (Å²) in [5.41, 5.74) is 8.20.